The number of thioether (sulfide) groups is 1. The van der Waals surface area contributed by atoms with Crippen molar-refractivity contribution >= 4 is 17.3 Å². The number of aromatic hydroxyl groups is 1. The minimum Gasteiger partial charge on any atom is -0.507 e. The van der Waals surface area contributed by atoms with Crippen LogP contribution < -0.4 is 0 Å². The van der Waals surface area contributed by atoms with Gasteiger partial charge in [-0.15, -0.1) is 0 Å². The number of allylic oxidation sites excluding steroid dienone is 1. The molecule has 0 bridgehead atoms. The van der Waals surface area contributed by atoms with Crippen LogP contribution in [0.2, 0.25) is 0 Å². The average molecular weight is 192 g/mol. The summed E-state index contributed by atoms with van der Waals surface area (Å²) in [5.41, 5.74) is 2.29. The highest BCUT2D eigenvalue weighted by atomic mass is 32.2. The number of rotatable bonds is 1. The van der Waals surface area contributed by atoms with Gasteiger partial charge in [-0.3, -0.25) is 0 Å². The number of para-hydroxylation sites is 1. The Morgan fingerprint density at radius 1 is 1.23 bits per heavy atom. The zero-order valence-corrected chi connectivity index (χ0v) is 8.18. The van der Waals surface area contributed by atoms with Gasteiger partial charge in [0.15, 0.2) is 0 Å². The zero-order valence-electron chi connectivity index (χ0n) is 7.36. The molecule has 0 aliphatic carbocycles. The zero-order chi connectivity index (χ0) is 9.10. The van der Waals surface area contributed by atoms with E-state index < -0.39 is 0 Å². The van der Waals surface area contributed by atoms with Crippen molar-refractivity contribution in [2.75, 3.05) is 11.5 Å². The summed E-state index contributed by atoms with van der Waals surface area (Å²) >= 11 is 1.94. The molecule has 0 spiro atoms. The third kappa shape index (κ3) is 1.89. The van der Waals surface area contributed by atoms with E-state index in [2.05, 4.69) is 6.08 Å². The Morgan fingerprint density at radius 3 is 2.77 bits per heavy atom. The molecule has 0 unspecified atom stereocenters. The lowest BCUT2D eigenvalue weighted by molar-refractivity contribution is 0.473. The van der Waals surface area contributed by atoms with Gasteiger partial charge in [0.2, 0.25) is 0 Å². The van der Waals surface area contributed by atoms with E-state index in [0.29, 0.717) is 5.75 Å². The number of benzene rings is 1. The molecule has 0 saturated heterocycles. The average Bonchev–Trinajstić information content (AvgIpc) is 2.20. The van der Waals surface area contributed by atoms with E-state index in [9.17, 15) is 5.11 Å². The molecule has 1 aliphatic heterocycles. The summed E-state index contributed by atoms with van der Waals surface area (Å²) in [6.45, 7) is 0. The summed E-state index contributed by atoms with van der Waals surface area (Å²) in [5.74, 6) is 2.64. The van der Waals surface area contributed by atoms with Crippen LogP contribution in [0.1, 0.15) is 12.0 Å². The van der Waals surface area contributed by atoms with Gasteiger partial charge in [-0.2, -0.15) is 11.8 Å². The molecule has 0 fully saturated rings. The van der Waals surface area contributed by atoms with Crippen LogP contribution in [-0.2, 0) is 0 Å². The third-order valence-electron chi connectivity index (χ3n) is 2.21. The second-order valence-electron chi connectivity index (χ2n) is 3.07. The fourth-order valence-corrected chi connectivity index (χ4v) is 2.37. The summed E-state index contributed by atoms with van der Waals surface area (Å²) in [4.78, 5) is 0. The molecular formula is C11H12OS. The molecule has 1 aromatic rings. The normalized spacial score (nSPS) is 16.8. The van der Waals surface area contributed by atoms with E-state index in [0.717, 1.165) is 17.7 Å². The fraction of sp³-hybridized carbons (Fsp3) is 0.273. The number of hydrogen-bond acceptors (Lipinski definition) is 2. The highest BCUT2D eigenvalue weighted by Crippen LogP contribution is 2.30. The molecule has 2 rings (SSSR count). The van der Waals surface area contributed by atoms with Gasteiger partial charge in [0.05, 0.1) is 0 Å². The van der Waals surface area contributed by atoms with Crippen molar-refractivity contribution in [3.8, 4) is 5.75 Å². The van der Waals surface area contributed by atoms with Crippen LogP contribution in [0.25, 0.3) is 5.57 Å². The summed E-state index contributed by atoms with van der Waals surface area (Å²) in [6.07, 6.45) is 3.28. The van der Waals surface area contributed by atoms with E-state index in [4.69, 9.17) is 0 Å². The monoisotopic (exact) mass is 192 g/mol. The lowest BCUT2D eigenvalue weighted by Crippen LogP contribution is -1.95. The Labute approximate surface area is 82.5 Å². The molecule has 0 atom stereocenters. The van der Waals surface area contributed by atoms with E-state index in [1.807, 2.05) is 30.0 Å². The standard InChI is InChI=1S/C11H12OS/c12-11-4-2-1-3-10(11)9-5-7-13-8-6-9/h1-5,12H,6-8H2. The van der Waals surface area contributed by atoms with Crippen molar-refractivity contribution in [2.45, 2.75) is 6.42 Å². The van der Waals surface area contributed by atoms with Crippen molar-refractivity contribution in [1.29, 1.82) is 0 Å². The Bertz CT molecular complexity index is 331. The largest absolute Gasteiger partial charge is 0.507 e. The molecular weight excluding hydrogens is 180 g/mol. The van der Waals surface area contributed by atoms with Crippen LogP contribution in [0.15, 0.2) is 30.3 Å². The topological polar surface area (TPSA) is 20.2 Å². The molecule has 1 N–H and O–H groups in total. The van der Waals surface area contributed by atoms with Crippen LogP contribution >= 0.6 is 11.8 Å². The van der Waals surface area contributed by atoms with Crippen molar-refractivity contribution in [3.63, 3.8) is 0 Å². The van der Waals surface area contributed by atoms with E-state index in [-0.39, 0.29) is 0 Å². The number of hydrogen-bond donors (Lipinski definition) is 1. The van der Waals surface area contributed by atoms with Gasteiger partial charge < -0.3 is 5.11 Å². The van der Waals surface area contributed by atoms with Crippen molar-refractivity contribution in [1.82, 2.24) is 0 Å². The first-order chi connectivity index (χ1) is 6.38. The molecule has 0 radical (unpaired) electrons. The smallest absolute Gasteiger partial charge is 0.123 e. The minimum absolute atomic E-state index is 0.403. The molecule has 0 aromatic heterocycles. The van der Waals surface area contributed by atoms with Crippen LogP contribution in [0.5, 0.6) is 5.75 Å². The van der Waals surface area contributed by atoms with Crippen molar-refractivity contribution < 1.29 is 5.11 Å². The van der Waals surface area contributed by atoms with Gasteiger partial charge in [0, 0.05) is 11.3 Å². The maximum absolute atomic E-state index is 9.62. The summed E-state index contributed by atoms with van der Waals surface area (Å²) in [6, 6.07) is 7.56. The first kappa shape index (κ1) is 8.70. The summed E-state index contributed by atoms with van der Waals surface area (Å²) in [5, 5.41) is 9.62. The highest BCUT2D eigenvalue weighted by Gasteiger charge is 2.08. The number of phenols is 1. The molecule has 1 aliphatic rings. The van der Waals surface area contributed by atoms with Gasteiger partial charge in [-0.1, -0.05) is 24.3 Å². The van der Waals surface area contributed by atoms with Crippen LogP contribution in [-0.4, -0.2) is 16.6 Å². The molecule has 0 saturated carbocycles. The van der Waals surface area contributed by atoms with Gasteiger partial charge in [0.1, 0.15) is 5.75 Å². The Balaban J connectivity index is 2.34. The quantitative estimate of drug-likeness (QED) is 0.738. The lowest BCUT2D eigenvalue weighted by atomic mass is 10.0. The molecule has 0 amide bonds. The predicted molar refractivity (Wildman–Crippen MR) is 58.0 cm³/mol. The van der Waals surface area contributed by atoms with Crippen molar-refractivity contribution in [2.24, 2.45) is 0 Å². The second-order valence-corrected chi connectivity index (χ2v) is 4.22. The van der Waals surface area contributed by atoms with Gasteiger partial charge >= 0.3 is 0 Å². The molecule has 1 aromatic carbocycles. The molecule has 2 heteroatoms. The van der Waals surface area contributed by atoms with E-state index in [1.54, 1.807) is 6.07 Å². The van der Waals surface area contributed by atoms with Crippen LogP contribution in [0, 0.1) is 0 Å². The Morgan fingerprint density at radius 2 is 2.08 bits per heavy atom. The molecule has 1 heterocycles. The van der Waals surface area contributed by atoms with Crippen LogP contribution in [0.4, 0.5) is 0 Å². The SMILES string of the molecule is Oc1ccccc1C1=CCSCC1. The maximum Gasteiger partial charge on any atom is 0.123 e. The van der Waals surface area contributed by atoms with Gasteiger partial charge in [0.25, 0.3) is 0 Å². The van der Waals surface area contributed by atoms with E-state index >= 15 is 0 Å². The molecule has 1 nitrogen and oxygen atoms in total. The highest BCUT2D eigenvalue weighted by molar-refractivity contribution is 7.99. The van der Waals surface area contributed by atoms with Gasteiger partial charge in [-0.05, 0) is 23.8 Å². The minimum atomic E-state index is 0.403. The maximum atomic E-state index is 9.62. The molecule has 13 heavy (non-hydrogen) atoms. The fourth-order valence-electron chi connectivity index (χ4n) is 1.52. The third-order valence-corrected chi connectivity index (χ3v) is 3.11. The summed E-state index contributed by atoms with van der Waals surface area (Å²) in [7, 11) is 0. The predicted octanol–water partition coefficient (Wildman–Crippen LogP) is 2.91. The van der Waals surface area contributed by atoms with Crippen LogP contribution in [0.3, 0.4) is 0 Å². The summed E-state index contributed by atoms with van der Waals surface area (Å²) < 4.78 is 0. The van der Waals surface area contributed by atoms with Crippen molar-refractivity contribution in [3.05, 3.63) is 35.9 Å². The first-order valence-corrected chi connectivity index (χ1v) is 5.58. The van der Waals surface area contributed by atoms with E-state index in [1.165, 1.54) is 11.3 Å². The number of phenolic OH excluding ortho intramolecular Hbond substituents is 1. The molecule has 68 valence electrons. The first-order valence-electron chi connectivity index (χ1n) is 4.43. The second kappa shape index (κ2) is 3.88. The Kier molecular flexibility index (Phi) is 2.60. The Hall–Kier alpha value is -0.890. The lowest BCUT2D eigenvalue weighted by Gasteiger charge is -2.13. The van der Waals surface area contributed by atoms with Gasteiger partial charge in [-0.25, -0.2) is 0 Å².